The van der Waals surface area contributed by atoms with Gasteiger partial charge in [-0.1, -0.05) is 13.8 Å². The molecule has 1 unspecified atom stereocenters. The fraction of sp³-hybridized carbons (Fsp3) is 0.923. The lowest BCUT2D eigenvalue weighted by molar-refractivity contribution is -0.155. The summed E-state index contributed by atoms with van der Waals surface area (Å²) in [6.07, 6.45) is 0.0845. The van der Waals surface area contributed by atoms with Crippen molar-refractivity contribution in [2.45, 2.75) is 52.7 Å². The number of likely N-dealkylation sites (tertiary alicyclic amines) is 1. The molecule has 1 heterocycles. The van der Waals surface area contributed by atoms with Gasteiger partial charge in [0.05, 0.1) is 12.5 Å². The van der Waals surface area contributed by atoms with Gasteiger partial charge in [-0.15, -0.1) is 0 Å². The van der Waals surface area contributed by atoms with Crippen molar-refractivity contribution in [1.29, 1.82) is 0 Å². The highest BCUT2D eigenvalue weighted by atomic mass is 16.6. The fourth-order valence-corrected chi connectivity index (χ4v) is 2.05. The quantitative estimate of drug-likeness (QED) is 0.762. The van der Waals surface area contributed by atoms with Crippen molar-refractivity contribution in [3.63, 3.8) is 0 Å². The first-order chi connectivity index (χ1) is 7.60. The van der Waals surface area contributed by atoms with E-state index in [0.717, 1.165) is 6.54 Å². The summed E-state index contributed by atoms with van der Waals surface area (Å²) in [5, 5.41) is 9.82. The molecule has 0 amide bonds. The number of hydrogen-bond donors (Lipinski definition) is 1. The third-order valence-corrected chi connectivity index (χ3v) is 3.02. The van der Waals surface area contributed by atoms with Gasteiger partial charge in [0.1, 0.15) is 5.60 Å². The van der Waals surface area contributed by atoms with Gasteiger partial charge in [-0.05, 0) is 20.8 Å². The van der Waals surface area contributed by atoms with Gasteiger partial charge in [-0.2, -0.15) is 0 Å². The average molecular weight is 243 g/mol. The first-order valence-corrected chi connectivity index (χ1v) is 6.22. The lowest BCUT2D eigenvalue weighted by atomic mass is 9.90. The molecule has 100 valence electrons. The van der Waals surface area contributed by atoms with Gasteiger partial charge in [0.25, 0.3) is 0 Å². The van der Waals surface area contributed by atoms with Crippen molar-refractivity contribution in [3.05, 3.63) is 0 Å². The third-order valence-electron chi connectivity index (χ3n) is 3.02. The van der Waals surface area contributed by atoms with E-state index >= 15 is 0 Å². The molecule has 1 atom stereocenters. The molecule has 1 fully saturated rings. The maximum Gasteiger partial charge on any atom is 0.307 e. The Labute approximate surface area is 104 Å². The second-order valence-corrected chi connectivity index (χ2v) is 6.58. The molecule has 17 heavy (non-hydrogen) atoms. The van der Waals surface area contributed by atoms with Crippen molar-refractivity contribution in [1.82, 2.24) is 4.90 Å². The van der Waals surface area contributed by atoms with Crippen LogP contribution in [-0.4, -0.2) is 47.3 Å². The molecule has 4 heteroatoms. The number of ether oxygens (including phenoxy) is 1. The highest BCUT2D eigenvalue weighted by Crippen LogP contribution is 2.29. The normalized spacial score (nSPS) is 24.9. The van der Waals surface area contributed by atoms with Crippen LogP contribution in [0.1, 0.15) is 41.0 Å². The van der Waals surface area contributed by atoms with Gasteiger partial charge in [-0.3, -0.25) is 9.69 Å². The average Bonchev–Trinajstić information content (AvgIpc) is 2.35. The Bertz CT molecular complexity index is 281. The topological polar surface area (TPSA) is 49.8 Å². The van der Waals surface area contributed by atoms with Crippen LogP contribution in [0.3, 0.4) is 0 Å². The molecule has 0 aromatic heterocycles. The van der Waals surface area contributed by atoms with Gasteiger partial charge < -0.3 is 9.84 Å². The van der Waals surface area contributed by atoms with Crippen molar-refractivity contribution >= 4 is 5.97 Å². The highest BCUT2D eigenvalue weighted by molar-refractivity contribution is 5.70. The lowest BCUT2D eigenvalue weighted by Gasteiger charge is -2.22. The van der Waals surface area contributed by atoms with Gasteiger partial charge in [0.15, 0.2) is 0 Å². The zero-order chi connectivity index (χ0) is 13.3. The highest BCUT2D eigenvalue weighted by Gasteiger charge is 2.37. The maximum absolute atomic E-state index is 11.5. The molecule has 1 aliphatic heterocycles. The summed E-state index contributed by atoms with van der Waals surface area (Å²) in [4.78, 5) is 13.7. The number of hydrogen-bond acceptors (Lipinski definition) is 4. The number of aliphatic hydroxyl groups excluding tert-OH is 1. The molecule has 1 saturated heterocycles. The molecular weight excluding hydrogens is 218 g/mol. The molecule has 1 N–H and O–H groups in total. The van der Waals surface area contributed by atoms with E-state index in [-0.39, 0.29) is 17.5 Å². The number of β-amino-alcohol motifs (C(OH)–C–C–N with tert-alkyl or cyclic N) is 1. The van der Waals surface area contributed by atoms with E-state index in [1.54, 1.807) is 0 Å². The molecule has 1 rings (SSSR count). The Kier molecular flexibility index (Phi) is 4.20. The third kappa shape index (κ3) is 4.64. The van der Waals surface area contributed by atoms with Crippen LogP contribution < -0.4 is 0 Å². The van der Waals surface area contributed by atoms with E-state index in [0.29, 0.717) is 19.5 Å². The first-order valence-electron chi connectivity index (χ1n) is 6.22. The number of carbonyl (C=O) groups is 1. The SMILES string of the molecule is CC(C)(C)OC(=O)CCN1CC(O)C(C)(C)C1. The van der Waals surface area contributed by atoms with E-state index in [4.69, 9.17) is 4.74 Å². The zero-order valence-corrected chi connectivity index (χ0v) is 11.6. The number of aliphatic hydroxyl groups is 1. The largest absolute Gasteiger partial charge is 0.460 e. The zero-order valence-electron chi connectivity index (χ0n) is 11.6. The van der Waals surface area contributed by atoms with Crippen molar-refractivity contribution in [3.8, 4) is 0 Å². The maximum atomic E-state index is 11.5. The Balaban J connectivity index is 2.31. The number of carbonyl (C=O) groups excluding carboxylic acids is 1. The van der Waals surface area contributed by atoms with Crippen LogP contribution in [-0.2, 0) is 9.53 Å². The molecule has 0 aliphatic carbocycles. The molecular formula is C13H25NO3. The summed E-state index contributed by atoms with van der Waals surface area (Å²) in [5.74, 6) is -0.170. The second kappa shape index (κ2) is 4.94. The minimum absolute atomic E-state index is 0.0755. The molecule has 0 saturated carbocycles. The van der Waals surface area contributed by atoms with Crippen molar-refractivity contribution in [2.75, 3.05) is 19.6 Å². The van der Waals surface area contributed by atoms with E-state index in [9.17, 15) is 9.90 Å². The standard InChI is InChI=1S/C13H25NO3/c1-12(2,3)17-11(16)6-7-14-8-10(15)13(4,5)9-14/h10,15H,6-9H2,1-5H3. The minimum atomic E-state index is -0.416. The van der Waals surface area contributed by atoms with Gasteiger partial charge in [0.2, 0.25) is 0 Å². The number of rotatable bonds is 3. The summed E-state index contributed by atoms with van der Waals surface area (Å²) in [5.41, 5.74) is -0.491. The van der Waals surface area contributed by atoms with Crippen LogP contribution >= 0.6 is 0 Å². The predicted molar refractivity (Wildman–Crippen MR) is 66.7 cm³/mol. The molecule has 0 aromatic rings. The Hall–Kier alpha value is -0.610. The first kappa shape index (κ1) is 14.5. The van der Waals surface area contributed by atoms with E-state index in [1.807, 2.05) is 34.6 Å². The molecule has 4 nitrogen and oxygen atoms in total. The lowest BCUT2D eigenvalue weighted by Crippen LogP contribution is -2.29. The Morgan fingerprint density at radius 1 is 1.47 bits per heavy atom. The number of nitrogens with zero attached hydrogens (tertiary/aromatic N) is 1. The number of esters is 1. The summed E-state index contributed by atoms with van der Waals surface area (Å²) in [6, 6.07) is 0. The molecule has 0 spiro atoms. The van der Waals surface area contributed by atoms with Crippen LogP contribution in [0.4, 0.5) is 0 Å². The van der Waals surface area contributed by atoms with Crippen LogP contribution in [0.15, 0.2) is 0 Å². The van der Waals surface area contributed by atoms with Gasteiger partial charge in [0, 0.05) is 25.0 Å². The Morgan fingerprint density at radius 3 is 2.47 bits per heavy atom. The van der Waals surface area contributed by atoms with Crippen molar-refractivity contribution < 1.29 is 14.6 Å². The van der Waals surface area contributed by atoms with E-state index in [2.05, 4.69) is 4.90 Å². The second-order valence-electron chi connectivity index (χ2n) is 6.58. The summed E-state index contributed by atoms with van der Waals surface area (Å²) in [7, 11) is 0. The summed E-state index contributed by atoms with van der Waals surface area (Å²) >= 11 is 0. The molecule has 1 aliphatic rings. The Morgan fingerprint density at radius 2 is 2.06 bits per heavy atom. The fourth-order valence-electron chi connectivity index (χ4n) is 2.05. The molecule has 0 bridgehead atoms. The monoisotopic (exact) mass is 243 g/mol. The molecule has 0 aromatic carbocycles. The van der Waals surface area contributed by atoms with Gasteiger partial charge in [-0.25, -0.2) is 0 Å². The summed E-state index contributed by atoms with van der Waals surface area (Å²) < 4.78 is 5.25. The predicted octanol–water partition coefficient (Wildman–Crippen LogP) is 1.42. The smallest absolute Gasteiger partial charge is 0.307 e. The van der Waals surface area contributed by atoms with Crippen LogP contribution in [0.5, 0.6) is 0 Å². The minimum Gasteiger partial charge on any atom is -0.460 e. The van der Waals surface area contributed by atoms with E-state index in [1.165, 1.54) is 0 Å². The van der Waals surface area contributed by atoms with Crippen LogP contribution in [0.25, 0.3) is 0 Å². The van der Waals surface area contributed by atoms with E-state index < -0.39 is 5.60 Å². The van der Waals surface area contributed by atoms with Gasteiger partial charge >= 0.3 is 5.97 Å². The van der Waals surface area contributed by atoms with Crippen LogP contribution in [0, 0.1) is 5.41 Å². The van der Waals surface area contributed by atoms with Crippen molar-refractivity contribution in [2.24, 2.45) is 5.41 Å². The summed E-state index contributed by atoms with van der Waals surface area (Å²) in [6.45, 7) is 11.8. The molecule has 0 radical (unpaired) electrons. The van der Waals surface area contributed by atoms with Crippen LogP contribution in [0.2, 0.25) is 0 Å².